The van der Waals surface area contributed by atoms with E-state index in [1.807, 2.05) is 4.72 Å². The minimum atomic E-state index is -3.95. The molecule has 168 valence electrons. The molecule has 2 amide bonds. The predicted molar refractivity (Wildman–Crippen MR) is 112 cm³/mol. The van der Waals surface area contributed by atoms with E-state index in [1.165, 1.54) is 31.1 Å². The summed E-state index contributed by atoms with van der Waals surface area (Å²) in [6.07, 6.45) is 0.798. The summed E-state index contributed by atoms with van der Waals surface area (Å²) in [7, 11) is -1.06. The molecule has 0 unspecified atom stereocenters. The van der Waals surface area contributed by atoms with Crippen LogP contribution in [0.1, 0.15) is 5.56 Å². The second-order valence-electron chi connectivity index (χ2n) is 7.92. The SMILES string of the molecule is CN(C)C(=O)N1CC(F)(F)[C@H](NS(C)(=O)=O)[C@@H]1Cc1cccc(-c2cccc(F)c2)c1. The number of nitrogens with one attached hydrogen (secondary N) is 1. The third kappa shape index (κ3) is 5.37. The highest BCUT2D eigenvalue weighted by Gasteiger charge is 2.57. The van der Waals surface area contributed by atoms with Gasteiger partial charge >= 0.3 is 6.03 Å². The van der Waals surface area contributed by atoms with Gasteiger partial charge in [-0.05, 0) is 35.2 Å². The topological polar surface area (TPSA) is 69.7 Å². The average molecular weight is 456 g/mol. The molecule has 2 atom stereocenters. The van der Waals surface area contributed by atoms with Crippen LogP contribution in [0.3, 0.4) is 0 Å². The second kappa shape index (κ2) is 8.51. The Balaban J connectivity index is 1.98. The van der Waals surface area contributed by atoms with Crippen LogP contribution in [0.5, 0.6) is 0 Å². The summed E-state index contributed by atoms with van der Waals surface area (Å²) in [5.41, 5.74) is 1.91. The average Bonchev–Trinajstić information content (AvgIpc) is 2.90. The molecule has 0 spiro atoms. The maximum atomic E-state index is 14.8. The van der Waals surface area contributed by atoms with E-state index >= 15 is 0 Å². The molecule has 1 N–H and O–H groups in total. The smallest absolute Gasteiger partial charge is 0.320 e. The predicted octanol–water partition coefficient (Wildman–Crippen LogP) is 2.95. The zero-order chi connectivity index (χ0) is 23.0. The van der Waals surface area contributed by atoms with Gasteiger partial charge in [0.25, 0.3) is 5.92 Å². The number of hydrogen-bond donors (Lipinski definition) is 1. The van der Waals surface area contributed by atoms with Crippen LogP contribution in [0.2, 0.25) is 0 Å². The van der Waals surface area contributed by atoms with E-state index in [9.17, 15) is 26.4 Å². The number of hydrogen-bond acceptors (Lipinski definition) is 3. The molecule has 1 aliphatic rings. The van der Waals surface area contributed by atoms with Crippen LogP contribution in [0.15, 0.2) is 48.5 Å². The standard InChI is InChI=1S/C21H24F3N3O3S/c1-26(2)20(28)27-13-21(23,24)19(25-31(3,29)30)18(27)11-14-6-4-7-15(10-14)16-8-5-9-17(22)12-16/h4-10,12,18-19,25H,11,13H2,1-3H3/t18-,19+/m0/s1. The molecule has 3 rings (SSSR count). The van der Waals surface area contributed by atoms with E-state index in [0.29, 0.717) is 16.7 Å². The lowest BCUT2D eigenvalue weighted by molar-refractivity contribution is -0.00493. The van der Waals surface area contributed by atoms with Gasteiger partial charge in [0.15, 0.2) is 0 Å². The van der Waals surface area contributed by atoms with Crippen molar-refractivity contribution in [3.8, 4) is 11.1 Å². The fraction of sp³-hybridized carbons (Fsp3) is 0.381. The van der Waals surface area contributed by atoms with Gasteiger partial charge in [-0.3, -0.25) is 0 Å². The van der Waals surface area contributed by atoms with Crippen molar-refractivity contribution in [1.29, 1.82) is 0 Å². The summed E-state index contributed by atoms with van der Waals surface area (Å²) < 4.78 is 68.7. The maximum Gasteiger partial charge on any atom is 0.320 e. The zero-order valence-electron chi connectivity index (χ0n) is 17.3. The highest BCUT2D eigenvalue weighted by atomic mass is 32.2. The number of carbonyl (C=O) groups excluding carboxylic acids is 1. The molecule has 0 bridgehead atoms. The first-order valence-electron chi connectivity index (χ1n) is 9.55. The highest BCUT2D eigenvalue weighted by Crippen LogP contribution is 2.35. The molecular weight excluding hydrogens is 431 g/mol. The van der Waals surface area contributed by atoms with Gasteiger partial charge in [0.2, 0.25) is 10.0 Å². The van der Waals surface area contributed by atoms with Crippen LogP contribution in [0.25, 0.3) is 11.1 Å². The summed E-state index contributed by atoms with van der Waals surface area (Å²) in [5, 5.41) is 0. The molecular formula is C21H24F3N3O3S. The van der Waals surface area contributed by atoms with E-state index in [2.05, 4.69) is 0 Å². The largest absolute Gasteiger partial charge is 0.331 e. The first kappa shape index (κ1) is 23.1. The number of urea groups is 1. The molecule has 2 aromatic rings. The molecule has 1 saturated heterocycles. The lowest BCUT2D eigenvalue weighted by Gasteiger charge is -2.30. The van der Waals surface area contributed by atoms with Crippen molar-refractivity contribution in [3.05, 3.63) is 59.9 Å². The van der Waals surface area contributed by atoms with Gasteiger partial charge in [-0.25, -0.2) is 31.1 Å². The van der Waals surface area contributed by atoms with Crippen molar-refractivity contribution >= 4 is 16.1 Å². The Kier molecular flexibility index (Phi) is 6.33. The van der Waals surface area contributed by atoms with Gasteiger partial charge < -0.3 is 9.80 Å². The fourth-order valence-corrected chi connectivity index (χ4v) is 4.57. The van der Waals surface area contributed by atoms with E-state index in [0.717, 1.165) is 11.2 Å². The van der Waals surface area contributed by atoms with Crippen LogP contribution < -0.4 is 4.72 Å². The van der Waals surface area contributed by atoms with E-state index in [1.54, 1.807) is 36.4 Å². The Bertz CT molecular complexity index is 1080. The number of carbonyl (C=O) groups is 1. The second-order valence-corrected chi connectivity index (χ2v) is 9.70. The molecule has 0 aliphatic carbocycles. The van der Waals surface area contributed by atoms with E-state index in [-0.39, 0.29) is 6.42 Å². The minimum Gasteiger partial charge on any atom is -0.331 e. The van der Waals surface area contributed by atoms with Gasteiger partial charge in [0, 0.05) is 14.1 Å². The van der Waals surface area contributed by atoms with E-state index in [4.69, 9.17) is 0 Å². The Labute approximate surface area is 179 Å². The molecule has 6 nitrogen and oxygen atoms in total. The zero-order valence-corrected chi connectivity index (χ0v) is 18.2. The Morgan fingerprint density at radius 2 is 1.77 bits per heavy atom. The lowest BCUT2D eigenvalue weighted by Crippen LogP contribution is -2.52. The third-order valence-electron chi connectivity index (χ3n) is 5.12. The van der Waals surface area contributed by atoms with Crippen LogP contribution in [-0.2, 0) is 16.4 Å². The van der Waals surface area contributed by atoms with Crippen molar-refractivity contribution in [3.63, 3.8) is 0 Å². The van der Waals surface area contributed by atoms with Crippen molar-refractivity contribution in [2.75, 3.05) is 26.9 Å². The Hall–Kier alpha value is -2.59. The summed E-state index contributed by atoms with van der Waals surface area (Å²) in [6, 6.07) is 9.35. The molecule has 0 aromatic heterocycles. The van der Waals surface area contributed by atoms with Crippen molar-refractivity contribution < 1.29 is 26.4 Å². The van der Waals surface area contributed by atoms with E-state index < -0.39 is 46.4 Å². The summed E-state index contributed by atoms with van der Waals surface area (Å²) in [6.45, 7) is -0.897. The number of rotatable bonds is 5. The molecule has 2 aromatic carbocycles. The number of nitrogens with zero attached hydrogens (tertiary/aromatic N) is 2. The number of alkyl halides is 2. The van der Waals surface area contributed by atoms with Gasteiger partial charge in [-0.15, -0.1) is 0 Å². The van der Waals surface area contributed by atoms with Crippen LogP contribution in [0, 0.1) is 5.82 Å². The fourth-order valence-electron chi connectivity index (χ4n) is 3.78. The summed E-state index contributed by atoms with van der Waals surface area (Å²) >= 11 is 0. The maximum absolute atomic E-state index is 14.8. The Morgan fingerprint density at radius 1 is 1.16 bits per heavy atom. The molecule has 31 heavy (non-hydrogen) atoms. The monoisotopic (exact) mass is 455 g/mol. The van der Waals surface area contributed by atoms with Crippen LogP contribution in [0.4, 0.5) is 18.0 Å². The summed E-state index contributed by atoms with van der Waals surface area (Å²) in [4.78, 5) is 14.7. The quantitative estimate of drug-likeness (QED) is 0.754. The molecule has 1 fully saturated rings. The van der Waals surface area contributed by atoms with Crippen LogP contribution >= 0.6 is 0 Å². The molecule has 1 aliphatic heterocycles. The normalized spacial score (nSPS) is 20.6. The number of amides is 2. The minimum absolute atomic E-state index is 0.00842. The Morgan fingerprint density at radius 3 is 2.35 bits per heavy atom. The lowest BCUT2D eigenvalue weighted by atomic mass is 9.96. The number of sulfonamides is 1. The van der Waals surface area contributed by atoms with Crippen molar-refractivity contribution in [1.82, 2.24) is 14.5 Å². The van der Waals surface area contributed by atoms with Crippen molar-refractivity contribution in [2.45, 2.75) is 24.4 Å². The van der Waals surface area contributed by atoms with Gasteiger partial charge in [-0.1, -0.05) is 36.4 Å². The first-order chi connectivity index (χ1) is 14.4. The number of halogens is 3. The molecule has 10 heteroatoms. The third-order valence-corrected chi connectivity index (χ3v) is 5.80. The van der Waals surface area contributed by atoms with Crippen molar-refractivity contribution in [2.24, 2.45) is 0 Å². The van der Waals surface area contributed by atoms with Gasteiger partial charge in [0.1, 0.15) is 11.9 Å². The number of likely N-dealkylation sites (tertiary alicyclic amines) is 1. The van der Waals surface area contributed by atoms with Crippen LogP contribution in [-0.4, -0.2) is 69.2 Å². The van der Waals surface area contributed by atoms with Gasteiger partial charge in [0.05, 0.1) is 18.8 Å². The molecule has 0 radical (unpaired) electrons. The first-order valence-corrected chi connectivity index (χ1v) is 11.4. The van der Waals surface area contributed by atoms with Gasteiger partial charge in [-0.2, -0.15) is 0 Å². The molecule has 1 heterocycles. The highest BCUT2D eigenvalue weighted by molar-refractivity contribution is 7.88. The molecule has 0 saturated carbocycles. The number of benzene rings is 2. The summed E-state index contributed by atoms with van der Waals surface area (Å²) in [5.74, 6) is -3.85.